The van der Waals surface area contributed by atoms with Gasteiger partial charge in [0.2, 0.25) is 0 Å². The smallest absolute Gasteiger partial charge is 0.299 e. The first-order valence-corrected chi connectivity index (χ1v) is 7.84. The summed E-state index contributed by atoms with van der Waals surface area (Å²) in [4.78, 5) is -0.0859. The zero-order valence-electron chi connectivity index (χ0n) is 12.4. The fourth-order valence-electron chi connectivity index (χ4n) is 1.72. The minimum atomic E-state index is -4.00. The second-order valence-electron chi connectivity index (χ2n) is 4.29. The number of rotatable bonds is 5. The summed E-state index contributed by atoms with van der Waals surface area (Å²) in [6.07, 6.45) is 7.32. The molecule has 2 rings (SSSR count). The summed E-state index contributed by atoms with van der Waals surface area (Å²) in [5.41, 5.74) is 0.277. The highest BCUT2D eigenvalue weighted by atomic mass is 32.2. The number of benzene rings is 1. The van der Waals surface area contributed by atoms with E-state index in [1.165, 1.54) is 38.6 Å². The Kier molecular flexibility index (Phi) is 5.14. The van der Waals surface area contributed by atoms with Crippen molar-refractivity contribution in [2.45, 2.75) is 4.90 Å². The molecule has 0 radical (unpaired) electrons. The molecule has 1 aliphatic rings. The fraction of sp³-hybridized carbons (Fsp3) is 0.143. The average Bonchev–Trinajstić information content (AvgIpc) is 2.55. The Hall–Kier alpha value is -2.65. The Labute approximate surface area is 133 Å². The maximum Gasteiger partial charge on any atom is 0.299 e. The van der Waals surface area contributed by atoms with Gasteiger partial charge < -0.3 is 9.47 Å². The highest BCUT2D eigenvalue weighted by Crippen LogP contribution is 2.30. The van der Waals surface area contributed by atoms with Gasteiger partial charge in [-0.05, 0) is 24.3 Å². The number of sulfonamides is 1. The summed E-state index contributed by atoms with van der Waals surface area (Å²) in [6, 6.07) is 4.09. The maximum atomic E-state index is 12.1. The number of hydrogen-bond acceptors (Lipinski definition) is 7. The van der Waals surface area contributed by atoms with Crippen molar-refractivity contribution in [1.82, 2.24) is 5.06 Å². The van der Waals surface area contributed by atoms with Crippen LogP contribution in [0.4, 0.5) is 0 Å². The molecule has 0 spiro atoms. The van der Waals surface area contributed by atoms with E-state index >= 15 is 0 Å². The molecule has 0 atom stereocenters. The van der Waals surface area contributed by atoms with Crippen LogP contribution in [0.1, 0.15) is 0 Å². The summed E-state index contributed by atoms with van der Waals surface area (Å²) in [7, 11) is -1.15. The molecule has 1 aromatic carbocycles. The van der Waals surface area contributed by atoms with Crippen molar-refractivity contribution < 1.29 is 23.1 Å². The Morgan fingerprint density at radius 2 is 1.91 bits per heavy atom. The Bertz CT molecular complexity index is 797. The third kappa shape index (κ3) is 3.96. The number of ether oxygens (including phenoxy) is 2. The lowest BCUT2D eigenvalue weighted by molar-refractivity contribution is -0.000512. The molecule has 0 aliphatic carbocycles. The minimum absolute atomic E-state index is 0.0859. The number of hydroxylamine groups is 2. The molecule has 1 aromatic rings. The van der Waals surface area contributed by atoms with Crippen molar-refractivity contribution in [2.24, 2.45) is 9.63 Å². The van der Waals surface area contributed by atoms with E-state index in [9.17, 15) is 13.6 Å². The van der Waals surface area contributed by atoms with Gasteiger partial charge in [-0.15, -0.1) is 5.11 Å². The molecule has 122 valence electrons. The normalized spacial score (nSPS) is 16.3. The van der Waals surface area contributed by atoms with E-state index in [1.54, 1.807) is 18.2 Å². The summed E-state index contributed by atoms with van der Waals surface area (Å²) in [6.45, 7) is 0. The standard InChI is InChI=1S/C14H15N3O5S/c1-21-13-7-6-12(9-14(13)22-2)23(19,20)16-15-10-11-5-3-4-8-17(11)18/h3-10,18H,1-2H3. The van der Waals surface area contributed by atoms with Gasteiger partial charge in [0.25, 0.3) is 10.0 Å². The lowest BCUT2D eigenvalue weighted by atomic mass is 10.3. The lowest BCUT2D eigenvalue weighted by Crippen LogP contribution is -2.10. The molecule has 0 unspecified atom stereocenters. The van der Waals surface area contributed by atoms with Crippen LogP contribution in [0.2, 0.25) is 0 Å². The number of hydrogen-bond donors (Lipinski definition) is 1. The molecule has 0 saturated heterocycles. The van der Waals surface area contributed by atoms with E-state index in [0.717, 1.165) is 11.3 Å². The Morgan fingerprint density at radius 1 is 1.17 bits per heavy atom. The zero-order valence-corrected chi connectivity index (χ0v) is 13.3. The quantitative estimate of drug-likeness (QED) is 0.828. The van der Waals surface area contributed by atoms with Gasteiger partial charge in [-0.25, -0.2) is 5.06 Å². The summed E-state index contributed by atoms with van der Waals surface area (Å²) in [5.74, 6) is 0.671. The van der Waals surface area contributed by atoms with E-state index in [-0.39, 0.29) is 16.3 Å². The number of methoxy groups -OCH3 is 2. The molecule has 1 aliphatic heterocycles. The third-order valence-corrected chi connectivity index (χ3v) is 4.03. The second kappa shape index (κ2) is 7.07. The molecular formula is C14H15N3O5S. The predicted octanol–water partition coefficient (Wildman–Crippen LogP) is 2.46. The van der Waals surface area contributed by atoms with Crippen LogP contribution in [0.5, 0.6) is 11.5 Å². The summed E-state index contributed by atoms with van der Waals surface area (Å²) in [5, 5.41) is 13.8. The highest BCUT2D eigenvalue weighted by molar-refractivity contribution is 7.90. The minimum Gasteiger partial charge on any atom is -0.493 e. The molecule has 23 heavy (non-hydrogen) atoms. The largest absolute Gasteiger partial charge is 0.493 e. The molecule has 0 fully saturated rings. The van der Waals surface area contributed by atoms with Crippen LogP contribution in [0.3, 0.4) is 0 Å². The van der Waals surface area contributed by atoms with Gasteiger partial charge in [0.15, 0.2) is 11.5 Å². The molecular weight excluding hydrogens is 322 g/mol. The fourth-order valence-corrected chi connectivity index (χ4v) is 2.48. The van der Waals surface area contributed by atoms with Crippen LogP contribution in [0.15, 0.2) is 69.1 Å². The van der Waals surface area contributed by atoms with E-state index in [1.807, 2.05) is 0 Å². The summed E-state index contributed by atoms with van der Waals surface area (Å²) >= 11 is 0. The van der Waals surface area contributed by atoms with Crippen molar-refractivity contribution in [3.8, 4) is 11.5 Å². The lowest BCUT2D eigenvalue weighted by Gasteiger charge is -2.13. The summed E-state index contributed by atoms with van der Waals surface area (Å²) < 4.78 is 37.7. The van der Waals surface area contributed by atoms with Crippen molar-refractivity contribution >= 4 is 10.0 Å². The van der Waals surface area contributed by atoms with Crippen molar-refractivity contribution in [2.75, 3.05) is 14.2 Å². The van der Waals surface area contributed by atoms with E-state index in [0.29, 0.717) is 5.75 Å². The molecule has 8 nitrogen and oxygen atoms in total. The first-order chi connectivity index (χ1) is 11.0. The van der Waals surface area contributed by atoms with Gasteiger partial charge in [-0.2, -0.15) is 8.42 Å². The van der Waals surface area contributed by atoms with Crippen molar-refractivity contribution in [3.63, 3.8) is 0 Å². The maximum absolute atomic E-state index is 12.1. The van der Waals surface area contributed by atoms with Gasteiger partial charge in [0.05, 0.1) is 31.0 Å². The molecule has 0 bridgehead atoms. The van der Waals surface area contributed by atoms with Gasteiger partial charge in [-0.1, -0.05) is 10.6 Å². The van der Waals surface area contributed by atoms with E-state index in [2.05, 4.69) is 9.63 Å². The van der Waals surface area contributed by atoms with E-state index in [4.69, 9.17) is 9.47 Å². The number of allylic oxidation sites excluding steroid dienone is 3. The first-order valence-electron chi connectivity index (χ1n) is 6.40. The predicted molar refractivity (Wildman–Crippen MR) is 81.6 cm³/mol. The monoisotopic (exact) mass is 337 g/mol. The third-order valence-electron chi connectivity index (χ3n) is 2.87. The van der Waals surface area contributed by atoms with Crippen LogP contribution < -0.4 is 9.47 Å². The Morgan fingerprint density at radius 3 is 2.57 bits per heavy atom. The van der Waals surface area contributed by atoms with Crippen LogP contribution in [-0.4, -0.2) is 32.9 Å². The molecule has 0 aromatic heterocycles. The van der Waals surface area contributed by atoms with Crippen LogP contribution in [0, 0.1) is 0 Å². The zero-order chi connectivity index (χ0) is 16.9. The molecule has 0 amide bonds. The van der Waals surface area contributed by atoms with Crippen molar-refractivity contribution in [3.05, 3.63) is 54.5 Å². The van der Waals surface area contributed by atoms with Crippen LogP contribution in [-0.2, 0) is 10.0 Å². The SMILES string of the molecule is COc1ccc(S(=O)(=O)N=NC=C2C=CC=CN2O)cc1OC. The second-order valence-corrected chi connectivity index (χ2v) is 5.87. The van der Waals surface area contributed by atoms with Gasteiger partial charge in [0, 0.05) is 12.3 Å². The molecule has 9 heteroatoms. The molecule has 1 N–H and O–H groups in total. The first kappa shape index (κ1) is 16.7. The highest BCUT2D eigenvalue weighted by Gasteiger charge is 2.16. The van der Waals surface area contributed by atoms with Crippen molar-refractivity contribution in [1.29, 1.82) is 0 Å². The van der Waals surface area contributed by atoms with Crippen LogP contribution >= 0.6 is 0 Å². The molecule has 1 heterocycles. The molecule has 0 saturated carbocycles. The van der Waals surface area contributed by atoms with Crippen LogP contribution in [0.25, 0.3) is 0 Å². The topological polar surface area (TPSA) is 101 Å². The van der Waals surface area contributed by atoms with E-state index < -0.39 is 10.0 Å². The average molecular weight is 337 g/mol. The number of nitrogens with zero attached hydrogens (tertiary/aromatic N) is 3. The van der Waals surface area contributed by atoms with Gasteiger partial charge in [0.1, 0.15) is 0 Å². The van der Waals surface area contributed by atoms with Gasteiger partial charge >= 0.3 is 0 Å². The Balaban J connectivity index is 2.25. The van der Waals surface area contributed by atoms with Gasteiger partial charge in [-0.3, -0.25) is 5.21 Å².